The van der Waals surface area contributed by atoms with Crippen molar-refractivity contribution in [1.29, 1.82) is 0 Å². The zero-order chi connectivity index (χ0) is 25.6. The predicted octanol–water partition coefficient (Wildman–Crippen LogP) is 1.88. The highest BCUT2D eigenvalue weighted by atomic mass is 16.3. The first-order valence-electron chi connectivity index (χ1n) is 10.9. The van der Waals surface area contributed by atoms with E-state index >= 15 is 0 Å². The third kappa shape index (κ3) is 4.66. The zero-order valence-electron chi connectivity index (χ0n) is 20.9. The molecular weight excluding hydrogens is 436 g/mol. The molecule has 1 amide bonds. The number of aromatic nitrogens is 4. The summed E-state index contributed by atoms with van der Waals surface area (Å²) in [7, 11) is 2.90. The first-order chi connectivity index (χ1) is 15.6. The molecule has 0 saturated heterocycles. The molecule has 3 rings (SSSR count). The Bertz CT molecular complexity index is 1380. The van der Waals surface area contributed by atoms with Gasteiger partial charge in [0, 0.05) is 25.2 Å². The van der Waals surface area contributed by atoms with Crippen molar-refractivity contribution in [3.05, 3.63) is 56.0 Å². The Balaban J connectivity index is 1.86. The van der Waals surface area contributed by atoms with Crippen LogP contribution in [0.2, 0.25) is 0 Å². The number of fused-ring (bicyclic) bond motifs is 1. The van der Waals surface area contributed by atoms with E-state index in [0.717, 1.165) is 21.3 Å². The Labute approximate surface area is 197 Å². The summed E-state index contributed by atoms with van der Waals surface area (Å²) >= 11 is 0. The lowest BCUT2D eigenvalue weighted by Gasteiger charge is -2.27. The number of rotatable bonds is 4. The number of carbonyl (C=O) groups excluding carboxylic acids is 1. The highest BCUT2D eigenvalue weighted by Crippen LogP contribution is 2.39. The SMILES string of the molecule is Cn1c(=O)c2ncn(CC(=O)N/N=C/c3cc(C(C)(C)C)c(O)c(C(C)(C)C)c3)c2n(C)c1=O. The fraction of sp³-hybridized carbons (Fsp3) is 0.458. The smallest absolute Gasteiger partial charge is 0.332 e. The van der Waals surface area contributed by atoms with Gasteiger partial charge in [0.2, 0.25) is 0 Å². The van der Waals surface area contributed by atoms with Gasteiger partial charge in [0.1, 0.15) is 17.9 Å². The summed E-state index contributed by atoms with van der Waals surface area (Å²) < 4.78 is 3.68. The van der Waals surface area contributed by atoms with Gasteiger partial charge in [-0.1, -0.05) is 41.5 Å². The summed E-state index contributed by atoms with van der Waals surface area (Å²) in [6, 6.07) is 3.71. The van der Waals surface area contributed by atoms with Crippen molar-refractivity contribution in [3.8, 4) is 5.75 Å². The van der Waals surface area contributed by atoms with Crippen molar-refractivity contribution < 1.29 is 9.90 Å². The standard InChI is InChI=1S/C24H32N6O4/c1-23(2,3)15-9-14(10-16(19(15)32)24(4,5)6)11-26-27-17(31)12-30-13-25-18-20(30)28(7)22(34)29(8)21(18)33/h9-11,13,32H,12H2,1-8H3,(H,27,31)/b26-11+. The van der Waals surface area contributed by atoms with Crippen LogP contribution in [0, 0.1) is 0 Å². The normalized spacial score (nSPS) is 12.6. The van der Waals surface area contributed by atoms with Crippen LogP contribution < -0.4 is 16.7 Å². The van der Waals surface area contributed by atoms with Gasteiger partial charge in [-0.15, -0.1) is 0 Å². The van der Waals surface area contributed by atoms with E-state index in [1.165, 1.54) is 35.8 Å². The van der Waals surface area contributed by atoms with Crippen LogP contribution in [0.3, 0.4) is 0 Å². The molecule has 0 unspecified atom stereocenters. The van der Waals surface area contributed by atoms with E-state index in [2.05, 4.69) is 15.5 Å². The Morgan fingerprint density at radius 1 is 1.06 bits per heavy atom. The topological polar surface area (TPSA) is 124 Å². The first kappa shape index (κ1) is 24.9. The van der Waals surface area contributed by atoms with Crippen LogP contribution in [0.15, 0.2) is 33.2 Å². The highest BCUT2D eigenvalue weighted by Gasteiger charge is 2.26. The van der Waals surface area contributed by atoms with Crippen LogP contribution in [-0.4, -0.2) is 35.9 Å². The average molecular weight is 469 g/mol. The van der Waals surface area contributed by atoms with Crippen LogP contribution in [0.1, 0.15) is 58.2 Å². The molecule has 0 fully saturated rings. The Kier molecular flexibility index (Phi) is 6.30. The number of hydrogen-bond donors (Lipinski definition) is 2. The Hall–Kier alpha value is -3.69. The van der Waals surface area contributed by atoms with E-state index in [1.54, 1.807) is 0 Å². The molecule has 0 spiro atoms. The fourth-order valence-electron chi connectivity index (χ4n) is 3.80. The van der Waals surface area contributed by atoms with E-state index < -0.39 is 17.2 Å². The van der Waals surface area contributed by atoms with Gasteiger partial charge in [-0.3, -0.25) is 18.7 Å². The molecule has 0 bridgehead atoms. The molecule has 2 heterocycles. The molecular formula is C24H32N6O4. The van der Waals surface area contributed by atoms with E-state index in [4.69, 9.17) is 0 Å². The minimum absolute atomic E-state index is 0.106. The maximum Gasteiger partial charge on any atom is 0.332 e. The molecule has 2 aromatic heterocycles. The number of benzene rings is 1. The number of aryl methyl sites for hydroxylation is 1. The molecule has 10 nitrogen and oxygen atoms in total. The van der Waals surface area contributed by atoms with Crippen molar-refractivity contribution >= 4 is 23.3 Å². The summed E-state index contributed by atoms with van der Waals surface area (Å²) in [4.78, 5) is 41.1. The number of nitrogens with one attached hydrogen (secondary N) is 1. The molecule has 0 aliphatic heterocycles. The Morgan fingerprint density at radius 3 is 2.15 bits per heavy atom. The molecule has 0 saturated carbocycles. The Morgan fingerprint density at radius 2 is 1.62 bits per heavy atom. The van der Waals surface area contributed by atoms with Gasteiger partial charge in [-0.2, -0.15) is 5.10 Å². The van der Waals surface area contributed by atoms with Crippen molar-refractivity contribution in [2.45, 2.75) is 58.9 Å². The molecule has 10 heteroatoms. The van der Waals surface area contributed by atoms with E-state index in [-0.39, 0.29) is 34.3 Å². The second-order valence-corrected chi connectivity index (χ2v) is 10.5. The van der Waals surface area contributed by atoms with Crippen molar-refractivity contribution in [2.75, 3.05) is 0 Å². The summed E-state index contributed by atoms with van der Waals surface area (Å²) in [5.41, 5.74) is 3.57. The minimum Gasteiger partial charge on any atom is -0.507 e. The van der Waals surface area contributed by atoms with Crippen molar-refractivity contribution in [2.24, 2.45) is 19.2 Å². The van der Waals surface area contributed by atoms with Crippen molar-refractivity contribution in [1.82, 2.24) is 24.1 Å². The molecule has 0 aliphatic rings. The monoisotopic (exact) mass is 468 g/mol. The lowest BCUT2D eigenvalue weighted by Crippen LogP contribution is -2.37. The molecule has 182 valence electrons. The number of aromatic hydroxyl groups is 1. The summed E-state index contributed by atoms with van der Waals surface area (Å²) in [6.07, 6.45) is 2.87. The second-order valence-electron chi connectivity index (χ2n) is 10.5. The van der Waals surface area contributed by atoms with E-state index in [1.807, 2.05) is 53.7 Å². The van der Waals surface area contributed by atoms with Gasteiger partial charge in [0.25, 0.3) is 11.5 Å². The molecule has 1 aromatic carbocycles. The van der Waals surface area contributed by atoms with Crippen LogP contribution >= 0.6 is 0 Å². The second kappa shape index (κ2) is 8.58. The van der Waals surface area contributed by atoms with Crippen LogP contribution in [0.25, 0.3) is 11.2 Å². The summed E-state index contributed by atoms with van der Waals surface area (Å²) in [6.45, 7) is 12.0. The predicted molar refractivity (Wildman–Crippen MR) is 131 cm³/mol. The van der Waals surface area contributed by atoms with Gasteiger partial charge in [-0.25, -0.2) is 15.2 Å². The highest BCUT2D eigenvalue weighted by molar-refractivity contribution is 5.84. The number of carbonyl (C=O) groups is 1. The number of nitrogens with zero attached hydrogens (tertiary/aromatic N) is 5. The quantitative estimate of drug-likeness (QED) is 0.447. The fourth-order valence-corrected chi connectivity index (χ4v) is 3.80. The minimum atomic E-state index is -0.521. The van der Waals surface area contributed by atoms with Gasteiger partial charge >= 0.3 is 5.69 Å². The molecule has 0 radical (unpaired) electrons. The molecule has 0 atom stereocenters. The van der Waals surface area contributed by atoms with Crippen LogP contribution in [-0.2, 0) is 36.3 Å². The van der Waals surface area contributed by atoms with Gasteiger partial charge < -0.3 is 9.67 Å². The summed E-state index contributed by atoms with van der Waals surface area (Å²) in [5, 5.41) is 14.9. The lowest BCUT2D eigenvalue weighted by molar-refractivity contribution is -0.121. The van der Waals surface area contributed by atoms with Crippen LogP contribution in [0.4, 0.5) is 0 Å². The number of phenols is 1. The number of hydrazone groups is 1. The number of amides is 1. The molecule has 2 N–H and O–H groups in total. The zero-order valence-corrected chi connectivity index (χ0v) is 20.9. The maximum absolute atomic E-state index is 12.5. The van der Waals surface area contributed by atoms with Crippen LogP contribution in [0.5, 0.6) is 5.75 Å². The third-order valence-corrected chi connectivity index (χ3v) is 5.67. The number of imidazole rings is 1. The van der Waals surface area contributed by atoms with E-state index in [9.17, 15) is 19.5 Å². The third-order valence-electron chi connectivity index (χ3n) is 5.67. The van der Waals surface area contributed by atoms with Gasteiger partial charge in [-0.05, 0) is 28.5 Å². The molecule has 34 heavy (non-hydrogen) atoms. The summed E-state index contributed by atoms with van der Waals surface area (Å²) in [5.74, 6) is -0.181. The molecule has 0 aliphatic carbocycles. The van der Waals surface area contributed by atoms with Gasteiger partial charge in [0.05, 0.1) is 12.5 Å². The largest absolute Gasteiger partial charge is 0.507 e. The molecule has 3 aromatic rings. The van der Waals surface area contributed by atoms with E-state index in [0.29, 0.717) is 0 Å². The number of hydrogen-bond acceptors (Lipinski definition) is 6. The lowest BCUT2D eigenvalue weighted by atomic mass is 9.78. The number of phenolic OH excluding ortho intramolecular Hbond substituents is 1. The van der Waals surface area contributed by atoms with Gasteiger partial charge in [0.15, 0.2) is 5.52 Å². The maximum atomic E-state index is 12.5. The average Bonchev–Trinajstić information content (AvgIpc) is 3.13. The van der Waals surface area contributed by atoms with Crippen molar-refractivity contribution in [3.63, 3.8) is 0 Å². The first-order valence-corrected chi connectivity index (χ1v) is 10.9.